The van der Waals surface area contributed by atoms with Crippen molar-refractivity contribution in [2.24, 2.45) is 5.92 Å². The molecule has 0 aliphatic heterocycles. The van der Waals surface area contributed by atoms with Crippen LogP contribution in [-0.2, 0) is 0 Å². The van der Waals surface area contributed by atoms with E-state index >= 15 is 0 Å². The van der Waals surface area contributed by atoms with Crippen LogP contribution in [0.25, 0.3) is 0 Å². The van der Waals surface area contributed by atoms with Crippen LogP contribution in [0.4, 0.5) is 5.82 Å². The zero-order valence-electron chi connectivity index (χ0n) is 8.41. The maximum Gasteiger partial charge on any atom is 0.159 e. The van der Waals surface area contributed by atoms with Crippen molar-refractivity contribution in [2.75, 3.05) is 5.73 Å². The topological polar surface area (TPSA) is 43.8 Å². The molecule has 1 aliphatic carbocycles. The SMILES string of the molecule is CC1CCCCC1n1cc(Br)c(N)n1. The molecule has 0 saturated heterocycles. The van der Waals surface area contributed by atoms with Crippen molar-refractivity contribution >= 4 is 21.7 Å². The molecule has 0 aromatic carbocycles. The van der Waals surface area contributed by atoms with E-state index in [-0.39, 0.29) is 0 Å². The van der Waals surface area contributed by atoms with E-state index in [0.29, 0.717) is 11.9 Å². The fourth-order valence-corrected chi connectivity index (χ4v) is 2.53. The summed E-state index contributed by atoms with van der Waals surface area (Å²) in [6.07, 6.45) is 7.21. The van der Waals surface area contributed by atoms with Crippen molar-refractivity contribution in [1.82, 2.24) is 9.78 Å². The summed E-state index contributed by atoms with van der Waals surface area (Å²) in [5, 5.41) is 4.33. The zero-order valence-corrected chi connectivity index (χ0v) is 10.00. The fraction of sp³-hybridized carbons (Fsp3) is 0.700. The molecule has 0 bridgehead atoms. The summed E-state index contributed by atoms with van der Waals surface area (Å²) >= 11 is 3.39. The van der Waals surface area contributed by atoms with E-state index < -0.39 is 0 Å². The van der Waals surface area contributed by atoms with Gasteiger partial charge in [-0.1, -0.05) is 19.8 Å². The highest BCUT2D eigenvalue weighted by molar-refractivity contribution is 9.10. The second kappa shape index (κ2) is 3.93. The summed E-state index contributed by atoms with van der Waals surface area (Å²) in [7, 11) is 0. The molecule has 1 fully saturated rings. The van der Waals surface area contributed by atoms with Crippen molar-refractivity contribution in [3.8, 4) is 0 Å². The molecular weight excluding hydrogens is 242 g/mol. The Balaban J connectivity index is 2.20. The normalized spacial score (nSPS) is 27.9. The summed E-state index contributed by atoms with van der Waals surface area (Å²) in [5.41, 5.74) is 5.71. The van der Waals surface area contributed by atoms with Crippen LogP contribution < -0.4 is 5.73 Å². The summed E-state index contributed by atoms with van der Waals surface area (Å²) in [6.45, 7) is 2.30. The third-order valence-electron chi connectivity index (χ3n) is 3.12. The molecule has 0 spiro atoms. The second-order valence-corrected chi connectivity index (χ2v) is 5.03. The van der Waals surface area contributed by atoms with Gasteiger partial charge in [0.25, 0.3) is 0 Å². The van der Waals surface area contributed by atoms with E-state index in [1.165, 1.54) is 25.7 Å². The first kappa shape index (κ1) is 10.0. The van der Waals surface area contributed by atoms with E-state index in [1.54, 1.807) is 0 Å². The smallest absolute Gasteiger partial charge is 0.159 e. The summed E-state index contributed by atoms with van der Waals surface area (Å²) in [4.78, 5) is 0. The van der Waals surface area contributed by atoms with E-state index in [2.05, 4.69) is 28.0 Å². The Morgan fingerprint density at radius 3 is 2.79 bits per heavy atom. The molecule has 0 amide bonds. The van der Waals surface area contributed by atoms with E-state index in [1.807, 2.05) is 10.9 Å². The maximum absolute atomic E-state index is 5.71. The number of nitrogens with zero attached hydrogens (tertiary/aromatic N) is 2. The van der Waals surface area contributed by atoms with Gasteiger partial charge in [0.05, 0.1) is 10.5 Å². The lowest BCUT2D eigenvalue weighted by Crippen LogP contribution is -2.21. The van der Waals surface area contributed by atoms with Gasteiger partial charge < -0.3 is 5.73 Å². The molecular formula is C10H16BrN3. The van der Waals surface area contributed by atoms with Crippen molar-refractivity contribution in [2.45, 2.75) is 38.6 Å². The second-order valence-electron chi connectivity index (χ2n) is 4.17. The molecule has 4 heteroatoms. The zero-order chi connectivity index (χ0) is 10.1. The first-order chi connectivity index (χ1) is 6.68. The lowest BCUT2D eigenvalue weighted by molar-refractivity contribution is 0.240. The number of nitrogen functional groups attached to an aromatic ring is 1. The molecule has 2 N–H and O–H groups in total. The Kier molecular flexibility index (Phi) is 2.81. The van der Waals surface area contributed by atoms with Crippen molar-refractivity contribution in [3.05, 3.63) is 10.7 Å². The number of halogens is 1. The molecule has 0 radical (unpaired) electrons. The highest BCUT2D eigenvalue weighted by atomic mass is 79.9. The third kappa shape index (κ3) is 1.80. The number of anilines is 1. The van der Waals surface area contributed by atoms with Crippen LogP contribution in [0.5, 0.6) is 0 Å². The van der Waals surface area contributed by atoms with Gasteiger partial charge in [-0.15, -0.1) is 0 Å². The molecule has 1 saturated carbocycles. The first-order valence-corrected chi connectivity index (χ1v) is 5.98. The molecule has 1 aliphatic rings. The highest BCUT2D eigenvalue weighted by Crippen LogP contribution is 2.34. The molecule has 78 valence electrons. The van der Waals surface area contributed by atoms with Gasteiger partial charge in [0, 0.05) is 6.20 Å². The Hall–Kier alpha value is -0.510. The van der Waals surface area contributed by atoms with Crippen LogP contribution in [0, 0.1) is 5.92 Å². The molecule has 3 nitrogen and oxygen atoms in total. The van der Waals surface area contributed by atoms with Crippen LogP contribution in [0.3, 0.4) is 0 Å². The van der Waals surface area contributed by atoms with Gasteiger partial charge in [-0.05, 0) is 34.7 Å². The van der Waals surface area contributed by atoms with E-state index in [4.69, 9.17) is 5.73 Å². The van der Waals surface area contributed by atoms with Gasteiger partial charge in [-0.3, -0.25) is 4.68 Å². The molecule has 2 atom stereocenters. The summed E-state index contributed by atoms with van der Waals surface area (Å²) < 4.78 is 2.94. The van der Waals surface area contributed by atoms with Crippen molar-refractivity contribution in [3.63, 3.8) is 0 Å². The van der Waals surface area contributed by atoms with Crippen LogP contribution in [-0.4, -0.2) is 9.78 Å². The van der Waals surface area contributed by atoms with Crippen molar-refractivity contribution < 1.29 is 0 Å². The number of nitrogens with two attached hydrogens (primary N) is 1. The lowest BCUT2D eigenvalue weighted by atomic mass is 9.86. The predicted octanol–water partition coefficient (Wildman–Crippen LogP) is 2.98. The van der Waals surface area contributed by atoms with Gasteiger partial charge in [0.1, 0.15) is 0 Å². The molecule has 1 aromatic heterocycles. The van der Waals surface area contributed by atoms with Gasteiger partial charge in [-0.25, -0.2) is 0 Å². The lowest BCUT2D eigenvalue weighted by Gasteiger charge is -2.28. The number of hydrogen-bond acceptors (Lipinski definition) is 2. The predicted molar refractivity (Wildman–Crippen MR) is 61.0 cm³/mol. The molecule has 2 rings (SSSR count). The quantitative estimate of drug-likeness (QED) is 0.841. The molecule has 14 heavy (non-hydrogen) atoms. The van der Waals surface area contributed by atoms with Crippen LogP contribution in [0.1, 0.15) is 38.6 Å². The highest BCUT2D eigenvalue weighted by Gasteiger charge is 2.23. The van der Waals surface area contributed by atoms with Crippen molar-refractivity contribution in [1.29, 1.82) is 0 Å². The average molecular weight is 258 g/mol. The van der Waals surface area contributed by atoms with Crippen LogP contribution in [0.2, 0.25) is 0 Å². The number of hydrogen-bond donors (Lipinski definition) is 1. The van der Waals surface area contributed by atoms with Crippen LogP contribution >= 0.6 is 15.9 Å². The minimum atomic E-state index is 0.539. The Labute approximate surface area is 92.8 Å². The monoisotopic (exact) mass is 257 g/mol. The Bertz CT molecular complexity index is 302. The summed E-state index contributed by atoms with van der Waals surface area (Å²) in [6, 6.07) is 0.539. The fourth-order valence-electron chi connectivity index (χ4n) is 2.24. The number of aromatic nitrogens is 2. The first-order valence-electron chi connectivity index (χ1n) is 5.18. The van der Waals surface area contributed by atoms with E-state index in [0.717, 1.165) is 10.4 Å². The van der Waals surface area contributed by atoms with Gasteiger partial charge >= 0.3 is 0 Å². The summed E-state index contributed by atoms with van der Waals surface area (Å²) in [5.74, 6) is 1.32. The minimum absolute atomic E-state index is 0.539. The van der Waals surface area contributed by atoms with Crippen LogP contribution in [0.15, 0.2) is 10.7 Å². The molecule has 2 unspecified atom stereocenters. The van der Waals surface area contributed by atoms with Gasteiger partial charge in [0.15, 0.2) is 5.82 Å². The average Bonchev–Trinajstić information content (AvgIpc) is 2.48. The largest absolute Gasteiger partial charge is 0.381 e. The standard InChI is InChI=1S/C10H16BrN3/c1-7-4-2-3-5-9(7)14-6-8(11)10(12)13-14/h6-7,9H,2-5H2,1H3,(H2,12,13). The van der Waals surface area contributed by atoms with Gasteiger partial charge in [-0.2, -0.15) is 5.10 Å². The molecule has 1 heterocycles. The third-order valence-corrected chi connectivity index (χ3v) is 3.73. The Morgan fingerprint density at radius 2 is 2.21 bits per heavy atom. The van der Waals surface area contributed by atoms with Gasteiger partial charge in [0.2, 0.25) is 0 Å². The minimum Gasteiger partial charge on any atom is -0.381 e. The molecule has 1 aromatic rings. The Morgan fingerprint density at radius 1 is 1.50 bits per heavy atom. The van der Waals surface area contributed by atoms with E-state index in [9.17, 15) is 0 Å². The number of rotatable bonds is 1. The maximum atomic E-state index is 5.71.